The van der Waals surface area contributed by atoms with Crippen LogP contribution in [0.3, 0.4) is 0 Å². The molecule has 0 aromatic heterocycles. The third kappa shape index (κ3) is 46.0. The molecule has 3 aliphatic heterocycles. The Kier molecular flexibility index (Phi) is 54.4. The summed E-state index contributed by atoms with van der Waals surface area (Å²) in [5.74, 6) is 1.33. The van der Waals surface area contributed by atoms with Crippen LogP contribution in [0.2, 0.25) is 0 Å². The van der Waals surface area contributed by atoms with Gasteiger partial charge in [-0.15, -0.1) is 0 Å². The van der Waals surface area contributed by atoms with Gasteiger partial charge in [-0.25, -0.2) is 0 Å². The fourth-order valence-electron chi connectivity index (χ4n) is 10.6. The zero-order valence-electron chi connectivity index (χ0n) is 56.0. The van der Waals surface area contributed by atoms with Gasteiger partial charge < -0.3 is 65.1 Å². The van der Waals surface area contributed by atoms with E-state index in [1.165, 1.54) is 35.3 Å². The molecule has 18 N–H and O–H groups in total. The Morgan fingerprint density at radius 2 is 0.667 bits per heavy atom. The summed E-state index contributed by atoms with van der Waals surface area (Å²) in [6.07, 6.45) is 19.9. The van der Waals surface area contributed by atoms with E-state index in [2.05, 4.69) is 63.8 Å². The van der Waals surface area contributed by atoms with Crippen LogP contribution in [0.1, 0.15) is 135 Å². The highest BCUT2D eigenvalue weighted by Crippen LogP contribution is 2.18. The van der Waals surface area contributed by atoms with E-state index in [-0.39, 0.29) is 127 Å². The van der Waals surface area contributed by atoms with E-state index in [1.807, 2.05) is 18.8 Å². The normalized spacial score (nSPS) is 21.6. The molecule has 3 fully saturated rings. The number of hydrogen-bond acceptors (Lipinski definition) is 27. The molecule has 27 nitrogen and oxygen atoms in total. The van der Waals surface area contributed by atoms with Crippen LogP contribution < -0.4 is 81.0 Å². The number of nitrogens with one attached hydrogen (secondary N) is 12. The summed E-state index contributed by atoms with van der Waals surface area (Å²) in [6, 6.07) is -1.41. The van der Waals surface area contributed by atoms with Gasteiger partial charge in [-0.05, 0) is 154 Å². The Balaban J connectivity index is 0.000000697. The van der Waals surface area contributed by atoms with E-state index >= 15 is 0 Å². The molecule has 3 aliphatic rings. The van der Waals surface area contributed by atoms with Crippen molar-refractivity contribution in [1.82, 2.24) is 63.8 Å². The molecular weight excluding hydrogens is 1250 g/mol. The lowest BCUT2D eigenvalue weighted by atomic mass is 9.93. The average molecular weight is 1370 g/mol. The van der Waals surface area contributed by atoms with Gasteiger partial charge in [0.15, 0.2) is 17.3 Å². The van der Waals surface area contributed by atoms with Crippen LogP contribution in [0.15, 0.2) is 0 Å². The predicted molar refractivity (Wildman–Crippen MR) is 372 cm³/mol. The van der Waals surface area contributed by atoms with Gasteiger partial charge >= 0.3 is 0 Å². The molecular formula is C63H117N15O12S3. The molecule has 0 aromatic carbocycles. The summed E-state index contributed by atoms with van der Waals surface area (Å²) in [7, 11) is 0. The van der Waals surface area contributed by atoms with Crippen molar-refractivity contribution in [2.75, 3.05) is 154 Å². The van der Waals surface area contributed by atoms with Crippen molar-refractivity contribution < 1.29 is 57.5 Å². The highest BCUT2D eigenvalue weighted by atomic mass is 32.2. The largest absolute Gasteiger partial charge is 0.343 e. The van der Waals surface area contributed by atoms with Crippen molar-refractivity contribution in [3.63, 3.8) is 0 Å². The number of amides is 3. The number of unbranched alkanes of at least 4 members (excludes halogenated alkanes) is 3. The predicted octanol–water partition coefficient (Wildman–Crippen LogP) is -1.24. The summed E-state index contributed by atoms with van der Waals surface area (Å²) in [6.45, 7) is 6.60. The van der Waals surface area contributed by atoms with E-state index < -0.39 is 18.1 Å². The van der Waals surface area contributed by atoms with Crippen LogP contribution in [-0.4, -0.2) is 242 Å². The number of rotatable bonds is 33. The number of nitrogens with two attached hydrogens (primary N) is 3. The van der Waals surface area contributed by atoms with E-state index in [4.69, 9.17) is 17.2 Å². The van der Waals surface area contributed by atoms with Gasteiger partial charge in [-0.3, -0.25) is 73.5 Å². The second kappa shape index (κ2) is 58.2. The molecule has 30 heteroatoms. The van der Waals surface area contributed by atoms with Crippen LogP contribution in [0.4, 0.5) is 0 Å². The standard InChI is InChI=1S/3C21H39N5O4S/c3*1-31-14-21(30)26-15-24-9-3-2-5-16-8-10-23-12-17(27)6-4-7-18(19(28)11-22)25-13-20(16)29/h3*16,18,23-25H,2-15,22H2,1H3,(H,26,30)/t3*16-,18+/m111/s1. The van der Waals surface area contributed by atoms with Crippen LogP contribution >= 0.6 is 35.3 Å². The zero-order valence-corrected chi connectivity index (χ0v) is 58.5. The quantitative estimate of drug-likeness (QED) is 0.0270. The summed E-state index contributed by atoms with van der Waals surface area (Å²) in [4.78, 5) is 145. The van der Waals surface area contributed by atoms with Gasteiger partial charge in [0.05, 0.1) is 114 Å². The van der Waals surface area contributed by atoms with Crippen LogP contribution in [-0.2, 0) is 57.5 Å². The lowest BCUT2D eigenvalue weighted by molar-refractivity contribution is -0.124. The van der Waals surface area contributed by atoms with Gasteiger partial charge in [0.2, 0.25) is 17.7 Å². The number of carbonyl (C=O) groups excluding carboxylic acids is 12. The summed E-state index contributed by atoms with van der Waals surface area (Å²) in [5.41, 5.74) is 16.5. The van der Waals surface area contributed by atoms with Gasteiger partial charge in [0.25, 0.3) is 0 Å². The second-order valence-electron chi connectivity index (χ2n) is 23.6. The summed E-state index contributed by atoms with van der Waals surface area (Å²) in [5, 5.41) is 36.6. The highest BCUT2D eigenvalue weighted by Gasteiger charge is 2.26. The van der Waals surface area contributed by atoms with E-state index in [9.17, 15) is 57.5 Å². The molecule has 3 saturated heterocycles. The van der Waals surface area contributed by atoms with E-state index in [0.29, 0.717) is 154 Å². The first-order valence-corrected chi connectivity index (χ1v) is 37.6. The molecule has 534 valence electrons. The molecule has 3 rings (SSSR count). The van der Waals surface area contributed by atoms with Crippen LogP contribution in [0.25, 0.3) is 0 Å². The minimum atomic E-state index is -0.471. The van der Waals surface area contributed by atoms with Crippen molar-refractivity contribution in [2.45, 2.75) is 153 Å². The fourth-order valence-corrected chi connectivity index (χ4v) is 11.7. The third-order valence-corrected chi connectivity index (χ3v) is 17.7. The molecule has 6 atom stereocenters. The smallest absolute Gasteiger partial charge is 0.230 e. The molecule has 0 bridgehead atoms. The van der Waals surface area contributed by atoms with Crippen molar-refractivity contribution >= 4 is 105 Å². The molecule has 3 heterocycles. The molecule has 0 unspecified atom stereocenters. The molecule has 0 aromatic rings. The minimum absolute atomic E-state index is 0.0134. The number of ketones is 9. The molecule has 0 saturated carbocycles. The number of hydrogen-bond donors (Lipinski definition) is 15. The Hall–Kier alpha value is -3.99. The highest BCUT2D eigenvalue weighted by molar-refractivity contribution is 7.99. The Labute approximate surface area is 565 Å². The number of thioether (sulfide) groups is 3. The van der Waals surface area contributed by atoms with Crippen LogP contribution in [0.5, 0.6) is 0 Å². The average Bonchev–Trinajstić information content (AvgIpc) is 3.26. The number of carbonyl (C=O) groups is 12. The van der Waals surface area contributed by atoms with Gasteiger partial charge in [-0.2, -0.15) is 35.3 Å². The topological polar surface area (TPSA) is 427 Å². The minimum Gasteiger partial charge on any atom is -0.343 e. The van der Waals surface area contributed by atoms with Crippen molar-refractivity contribution in [1.29, 1.82) is 0 Å². The first-order valence-electron chi connectivity index (χ1n) is 33.5. The second-order valence-corrected chi connectivity index (χ2v) is 26.2. The van der Waals surface area contributed by atoms with Gasteiger partial charge in [-0.1, -0.05) is 19.3 Å². The Bertz CT molecular complexity index is 1960. The maximum absolute atomic E-state index is 12.8. The lowest BCUT2D eigenvalue weighted by Gasteiger charge is -2.19. The molecule has 0 aliphatic carbocycles. The van der Waals surface area contributed by atoms with E-state index in [0.717, 1.165) is 77.4 Å². The molecule has 0 spiro atoms. The monoisotopic (exact) mass is 1370 g/mol. The Morgan fingerprint density at radius 3 is 0.914 bits per heavy atom. The zero-order chi connectivity index (χ0) is 68.7. The molecule has 0 radical (unpaired) electrons. The Morgan fingerprint density at radius 1 is 0.398 bits per heavy atom. The summed E-state index contributed by atoms with van der Waals surface area (Å²) < 4.78 is 0. The van der Waals surface area contributed by atoms with Crippen molar-refractivity contribution in [3.05, 3.63) is 0 Å². The van der Waals surface area contributed by atoms with Crippen LogP contribution in [0, 0.1) is 17.8 Å². The lowest BCUT2D eigenvalue weighted by Crippen LogP contribution is -2.43. The first kappa shape index (κ1) is 87.0. The first-order chi connectivity index (χ1) is 44.9. The fraction of sp³-hybridized carbons (Fsp3) is 0.810. The third-order valence-electron chi connectivity index (χ3n) is 16.1. The van der Waals surface area contributed by atoms with Gasteiger partial charge in [0, 0.05) is 37.0 Å². The maximum Gasteiger partial charge on any atom is 0.230 e. The molecule has 93 heavy (non-hydrogen) atoms. The molecule has 3 amide bonds. The van der Waals surface area contributed by atoms with E-state index in [1.54, 1.807) is 0 Å². The maximum atomic E-state index is 12.8. The SMILES string of the molecule is CSCC(=O)NCNCCCC[C@@H]1CCNCC(=O)CCC[C@@H](C(=O)CN)NCC1=O.CSCC(=O)NCNCCCC[C@@H]1CCNCC(=O)CCC[C@@H](C(=O)CN)NCC1=O.CSCC(=O)NCNCCCC[C@@H]1CCNCC(=O)CCC[C@@H](C(=O)CN)NCC1=O. The van der Waals surface area contributed by atoms with Crippen molar-refractivity contribution in [2.24, 2.45) is 35.0 Å². The number of Topliss-reactive ketones (excluding diaryl/α,β-unsaturated/α-hetero) is 9. The summed E-state index contributed by atoms with van der Waals surface area (Å²) >= 11 is 4.45. The van der Waals surface area contributed by atoms with Gasteiger partial charge in [0.1, 0.15) is 34.7 Å². The van der Waals surface area contributed by atoms with Crippen molar-refractivity contribution in [3.8, 4) is 0 Å².